The van der Waals surface area contributed by atoms with Crippen LogP contribution in [0.1, 0.15) is 62.5 Å². The fraction of sp³-hybridized carbons (Fsp3) is 0.667. The van der Waals surface area contributed by atoms with Crippen molar-refractivity contribution in [3.05, 3.63) is 29.6 Å². The van der Waals surface area contributed by atoms with Crippen LogP contribution in [0.3, 0.4) is 0 Å². The first kappa shape index (κ1) is 18.8. The normalized spacial score (nSPS) is 25.4. The lowest BCUT2D eigenvalue weighted by Gasteiger charge is -2.34. The summed E-state index contributed by atoms with van der Waals surface area (Å²) in [6.45, 7) is 8.33. The second-order valence-corrected chi connectivity index (χ2v) is 8.65. The van der Waals surface area contributed by atoms with Crippen LogP contribution >= 0.6 is 0 Å². The van der Waals surface area contributed by atoms with E-state index in [0.29, 0.717) is 18.9 Å². The zero-order valence-corrected chi connectivity index (χ0v) is 17.3. The minimum atomic E-state index is 0.340. The van der Waals surface area contributed by atoms with Crippen molar-refractivity contribution in [1.82, 2.24) is 20.2 Å². The third-order valence-corrected chi connectivity index (χ3v) is 6.89. The van der Waals surface area contributed by atoms with Crippen LogP contribution in [-0.4, -0.2) is 53.2 Å². The molecule has 156 valence electrons. The van der Waals surface area contributed by atoms with Gasteiger partial charge in [-0.25, -0.2) is 4.68 Å². The molecule has 2 aromatic rings. The second kappa shape index (κ2) is 8.28. The Kier molecular flexibility index (Phi) is 5.37. The molecule has 3 aliphatic rings. The Balaban J connectivity index is 1.21. The summed E-state index contributed by atoms with van der Waals surface area (Å²) in [6.07, 6.45) is 6.12. The molecule has 2 aliphatic heterocycles. The molecule has 0 spiro atoms. The zero-order valence-electron chi connectivity index (χ0n) is 17.3. The Morgan fingerprint density at radius 3 is 2.69 bits per heavy atom. The van der Waals surface area contributed by atoms with E-state index in [1.54, 1.807) is 9.80 Å². The smallest absolute Gasteiger partial charge is 0.231 e. The summed E-state index contributed by atoms with van der Waals surface area (Å²) >= 11 is 0. The van der Waals surface area contributed by atoms with Crippen LogP contribution in [0.15, 0.2) is 18.2 Å². The quantitative estimate of drug-likeness (QED) is 0.712. The van der Waals surface area contributed by atoms with Crippen molar-refractivity contribution in [1.29, 1.82) is 0 Å². The number of ether oxygens (including phenoxy) is 2. The van der Waals surface area contributed by atoms with E-state index in [9.17, 15) is 0 Å². The van der Waals surface area contributed by atoms with Crippen LogP contribution in [0.25, 0.3) is 0 Å². The summed E-state index contributed by atoms with van der Waals surface area (Å²) in [5.41, 5.74) is 1.32. The standard InChI is InChI=1S/C21H30N6O2/c1-2-18(21-22-23-24-27(21)17-5-3-4-6-17)26-11-9-25(10-12-26)14-16-7-8-19-20(13-16)29-15-28-19/h7-8,13,17-18H,2-6,9-12,14-15H2,1H3/p+2/t18-/m1/s1. The average molecular weight is 401 g/mol. The van der Waals surface area contributed by atoms with Gasteiger partial charge in [0.25, 0.3) is 0 Å². The number of fused-ring (bicyclic) bond motifs is 1. The van der Waals surface area contributed by atoms with Gasteiger partial charge in [-0.3, -0.25) is 0 Å². The molecule has 1 saturated carbocycles. The first-order valence-electron chi connectivity index (χ1n) is 11.2. The van der Waals surface area contributed by atoms with Gasteiger partial charge in [-0.05, 0) is 41.5 Å². The summed E-state index contributed by atoms with van der Waals surface area (Å²) < 4.78 is 13.1. The van der Waals surface area contributed by atoms with Crippen molar-refractivity contribution >= 4 is 0 Å². The van der Waals surface area contributed by atoms with Crippen LogP contribution in [-0.2, 0) is 6.54 Å². The highest BCUT2D eigenvalue weighted by molar-refractivity contribution is 5.44. The maximum Gasteiger partial charge on any atom is 0.231 e. The number of quaternary nitrogens is 2. The van der Waals surface area contributed by atoms with Gasteiger partial charge in [0.15, 0.2) is 11.5 Å². The molecule has 8 nitrogen and oxygen atoms in total. The van der Waals surface area contributed by atoms with E-state index in [1.807, 2.05) is 6.07 Å². The van der Waals surface area contributed by atoms with Crippen molar-refractivity contribution in [2.24, 2.45) is 0 Å². The zero-order chi connectivity index (χ0) is 19.6. The van der Waals surface area contributed by atoms with Gasteiger partial charge in [-0.1, -0.05) is 19.8 Å². The Hall–Kier alpha value is -2.19. The number of nitrogens with zero attached hydrogens (tertiary/aromatic N) is 4. The molecule has 2 N–H and O–H groups in total. The Bertz CT molecular complexity index is 826. The predicted octanol–water partition coefficient (Wildman–Crippen LogP) is -0.0484. The van der Waals surface area contributed by atoms with Gasteiger partial charge in [0.05, 0.1) is 6.04 Å². The number of nitrogens with one attached hydrogen (secondary N) is 2. The maximum atomic E-state index is 5.53. The molecule has 1 aromatic carbocycles. The average Bonchev–Trinajstić information content (AvgIpc) is 3.51. The molecule has 1 aromatic heterocycles. The molecule has 1 aliphatic carbocycles. The number of rotatable bonds is 6. The van der Waals surface area contributed by atoms with Crippen LogP contribution in [0.5, 0.6) is 11.5 Å². The van der Waals surface area contributed by atoms with Crippen molar-refractivity contribution in [2.75, 3.05) is 33.0 Å². The molecule has 8 heteroatoms. The molecule has 2 fully saturated rings. The topological polar surface area (TPSA) is 70.9 Å². The number of aromatic nitrogens is 4. The van der Waals surface area contributed by atoms with Gasteiger partial charge in [0.1, 0.15) is 38.8 Å². The van der Waals surface area contributed by atoms with Gasteiger partial charge in [0, 0.05) is 12.0 Å². The van der Waals surface area contributed by atoms with Crippen molar-refractivity contribution in [3.8, 4) is 11.5 Å². The molecule has 1 saturated heterocycles. The minimum Gasteiger partial charge on any atom is -0.454 e. The fourth-order valence-corrected chi connectivity index (χ4v) is 5.28. The first-order chi connectivity index (χ1) is 14.3. The molecule has 29 heavy (non-hydrogen) atoms. The lowest BCUT2D eigenvalue weighted by Crippen LogP contribution is -3.27. The SMILES string of the molecule is CC[C@H](c1nnnn1C1CCCC1)[NH+]1CC[NH+](Cc2ccc3c(c2)OCO3)CC1. The lowest BCUT2D eigenvalue weighted by atomic mass is 10.1. The number of tetrazole rings is 1. The number of hydrogen-bond donors (Lipinski definition) is 2. The molecule has 0 bridgehead atoms. The van der Waals surface area contributed by atoms with Gasteiger partial charge < -0.3 is 19.3 Å². The monoisotopic (exact) mass is 400 g/mol. The summed E-state index contributed by atoms with van der Waals surface area (Å²) in [5.74, 6) is 2.85. The second-order valence-electron chi connectivity index (χ2n) is 8.65. The molecule has 5 rings (SSSR count). The van der Waals surface area contributed by atoms with E-state index in [0.717, 1.165) is 43.4 Å². The largest absolute Gasteiger partial charge is 0.454 e. The Morgan fingerprint density at radius 1 is 1.10 bits per heavy atom. The third-order valence-electron chi connectivity index (χ3n) is 6.89. The van der Waals surface area contributed by atoms with Crippen molar-refractivity contribution in [3.63, 3.8) is 0 Å². The van der Waals surface area contributed by atoms with Crippen LogP contribution in [0, 0.1) is 0 Å². The third kappa shape index (κ3) is 3.83. The highest BCUT2D eigenvalue weighted by Crippen LogP contribution is 2.32. The fourth-order valence-electron chi connectivity index (χ4n) is 5.28. The number of hydrogen-bond acceptors (Lipinski definition) is 5. The lowest BCUT2D eigenvalue weighted by molar-refractivity contribution is -1.03. The molecular weight excluding hydrogens is 368 g/mol. The highest BCUT2D eigenvalue weighted by atomic mass is 16.7. The first-order valence-corrected chi connectivity index (χ1v) is 11.2. The summed E-state index contributed by atoms with van der Waals surface area (Å²) in [5, 5.41) is 12.9. The molecule has 3 heterocycles. The molecular formula is C21H32N6O2+2. The molecule has 0 amide bonds. The summed E-state index contributed by atoms with van der Waals surface area (Å²) in [6, 6.07) is 7.25. The van der Waals surface area contributed by atoms with Crippen molar-refractivity contribution in [2.45, 2.75) is 57.7 Å². The molecule has 0 radical (unpaired) electrons. The number of benzene rings is 1. The Morgan fingerprint density at radius 2 is 1.90 bits per heavy atom. The van der Waals surface area contributed by atoms with E-state index < -0.39 is 0 Å². The van der Waals surface area contributed by atoms with Gasteiger partial charge in [0.2, 0.25) is 12.6 Å². The summed E-state index contributed by atoms with van der Waals surface area (Å²) in [4.78, 5) is 3.27. The van der Waals surface area contributed by atoms with E-state index in [2.05, 4.69) is 39.3 Å². The van der Waals surface area contributed by atoms with Gasteiger partial charge >= 0.3 is 0 Å². The summed E-state index contributed by atoms with van der Waals surface area (Å²) in [7, 11) is 0. The highest BCUT2D eigenvalue weighted by Gasteiger charge is 2.35. The van der Waals surface area contributed by atoms with Gasteiger partial charge in [-0.2, -0.15) is 0 Å². The van der Waals surface area contributed by atoms with Crippen molar-refractivity contribution < 1.29 is 19.3 Å². The molecule has 0 unspecified atom stereocenters. The van der Waals surface area contributed by atoms with E-state index in [4.69, 9.17) is 9.47 Å². The number of piperazine rings is 1. The Labute approximate surface area is 171 Å². The maximum absolute atomic E-state index is 5.53. The van der Waals surface area contributed by atoms with Crippen LogP contribution in [0.4, 0.5) is 0 Å². The van der Waals surface area contributed by atoms with Gasteiger partial charge in [-0.15, -0.1) is 5.10 Å². The predicted molar refractivity (Wildman–Crippen MR) is 106 cm³/mol. The van der Waals surface area contributed by atoms with E-state index >= 15 is 0 Å². The van der Waals surface area contributed by atoms with Crippen LogP contribution < -0.4 is 19.3 Å². The van der Waals surface area contributed by atoms with E-state index in [1.165, 1.54) is 44.3 Å². The van der Waals surface area contributed by atoms with Crippen LogP contribution in [0.2, 0.25) is 0 Å². The molecule has 1 atom stereocenters. The minimum absolute atomic E-state index is 0.340. The van der Waals surface area contributed by atoms with E-state index in [-0.39, 0.29) is 0 Å².